The largest absolute Gasteiger partial charge is 0.311 e. The van der Waals surface area contributed by atoms with Gasteiger partial charge in [0.15, 0.2) is 0 Å². The Hall–Kier alpha value is -2.15. The molecular formula is C14H16N2O4S. The Balaban J connectivity index is 2.31. The zero-order valence-electron chi connectivity index (χ0n) is 11.7. The van der Waals surface area contributed by atoms with Crippen molar-refractivity contribution in [2.75, 3.05) is 6.26 Å². The molecule has 0 unspecified atom stereocenters. The van der Waals surface area contributed by atoms with Gasteiger partial charge in [-0.3, -0.25) is 14.3 Å². The highest BCUT2D eigenvalue weighted by atomic mass is 32.2. The fraction of sp³-hybridized carbons (Fsp3) is 0.286. The summed E-state index contributed by atoms with van der Waals surface area (Å²) in [6, 6.07) is 6.88. The molecular weight excluding hydrogens is 292 g/mol. The summed E-state index contributed by atoms with van der Waals surface area (Å²) in [5.41, 5.74) is 1.73. The molecule has 21 heavy (non-hydrogen) atoms. The van der Waals surface area contributed by atoms with Gasteiger partial charge >= 0.3 is 0 Å². The van der Waals surface area contributed by atoms with E-state index in [1.54, 1.807) is 12.3 Å². The van der Waals surface area contributed by atoms with Crippen LogP contribution in [-0.2, 0) is 19.6 Å². The molecule has 1 N–H and O–H groups in total. The van der Waals surface area contributed by atoms with Gasteiger partial charge < -0.3 is 4.90 Å². The van der Waals surface area contributed by atoms with Gasteiger partial charge in [0.05, 0.1) is 18.7 Å². The van der Waals surface area contributed by atoms with Gasteiger partial charge in [0.1, 0.15) is 0 Å². The van der Waals surface area contributed by atoms with E-state index in [1.165, 1.54) is 11.8 Å². The Bertz CT molecular complexity index is 709. The molecule has 1 atom stereocenters. The van der Waals surface area contributed by atoms with Gasteiger partial charge in [0.25, 0.3) is 0 Å². The average molecular weight is 308 g/mol. The normalized spacial score (nSPS) is 17.2. The molecule has 7 heteroatoms. The van der Waals surface area contributed by atoms with E-state index in [0.29, 0.717) is 0 Å². The number of benzene rings is 1. The molecule has 112 valence electrons. The first-order valence-corrected chi connectivity index (χ1v) is 8.24. The number of fused-ring (bicyclic) bond motifs is 1. The maximum Gasteiger partial charge on any atom is 0.235 e. The molecule has 1 aromatic carbocycles. The molecule has 0 bridgehead atoms. The molecule has 1 heterocycles. The summed E-state index contributed by atoms with van der Waals surface area (Å²) >= 11 is 0. The van der Waals surface area contributed by atoms with Crippen LogP contribution in [0.1, 0.15) is 30.5 Å². The van der Waals surface area contributed by atoms with E-state index in [-0.39, 0.29) is 12.3 Å². The van der Waals surface area contributed by atoms with Crippen molar-refractivity contribution in [3.8, 4) is 0 Å². The Morgan fingerprint density at radius 3 is 2.57 bits per heavy atom. The summed E-state index contributed by atoms with van der Waals surface area (Å²) in [5.74, 6) is -0.850. The number of sulfonamides is 1. The van der Waals surface area contributed by atoms with Crippen LogP contribution in [0, 0.1) is 0 Å². The van der Waals surface area contributed by atoms with Gasteiger partial charge in [0.2, 0.25) is 21.8 Å². The van der Waals surface area contributed by atoms with Crippen molar-refractivity contribution >= 4 is 27.9 Å². The van der Waals surface area contributed by atoms with Crippen LogP contribution in [-0.4, -0.2) is 31.4 Å². The van der Waals surface area contributed by atoms with E-state index in [9.17, 15) is 18.0 Å². The van der Waals surface area contributed by atoms with E-state index < -0.39 is 22.0 Å². The molecule has 1 aromatic rings. The molecule has 0 radical (unpaired) electrons. The third-order valence-corrected chi connectivity index (χ3v) is 3.75. The van der Waals surface area contributed by atoms with Crippen molar-refractivity contribution in [3.63, 3.8) is 0 Å². The van der Waals surface area contributed by atoms with Crippen LogP contribution in [0.5, 0.6) is 0 Å². The molecule has 0 saturated carbocycles. The summed E-state index contributed by atoms with van der Waals surface area (Å²) in [6.07, 6.45) is 4.21. The first-order valence-electron chi connectivity index (χ1n) is 6.34. The van der Waals surface area contributed by atoms with Gasteiger partial charge in [0, 0.05) is 13.1 Å². The second-order valence-electron chi connectivity index (χ2n) is 4.89. The number of amides is 2. The second-order valence-corrected chi connectivity index (χ2v) is 6.64. The molecule has 2 amide bonds. The molecule has 0 saturated heterocycles. The highest BCUT2D eigenvalue weighted by Gasteiger charge is 2.28. The molecule has 0 aliphatic carbocycles. The van der Waals surface area contributed by atoms with Crippen LogP contribution in [0.3, 0.4) is 0 Å². The van der Waals surface area contributed by atoms with Crippen LogP contribution >= 0.6 is 0 Å². The smallest absolute Gasteiger partial charge is 0.235 e. The van der Waals surface area contributed by atoms with Crippen molar-refractivity contribution in [3.05, 3.63) is 41.6 Å². The third kappa shape index (κ3) is 3.69. The van der Waals surface area contributed by atoms with Crippen molar-refractivity contribution in [1.82, 2.24) is 9.62 Å². The van der Waals surface area contributed by atoms with Crippen molar-refractivity contribution < 1.29 is 18.0 Å². The highest BCUT2D eigenvalue weighted by Crippen LogP contribution is 2.32. The molecule has 1 aliphatic heterocycles. The zero-order valence-corrected chi connectivity index (χ0v) is 12.6. The lowest BCUT2D eigenvalue weighted by Crippen LogP contribution is -2.36. The van der Waals surface area contributed by atoms with E-state index >= 15 is 0 Å². The topological polar surface area (TPSA) is 83.6 Å². The summed E-state index contributed by atoms with van der Waals surface area (Å²) in [7, 11) is -3.61. The van der Waals surface area contributed by atoms with Gasteiger partial charge in [-0.05, 0) is 17.2 Å². The number of hydrogen-bond acceptors (Lipinski definition) is 4. The second kappa shape index (κ2) is 5.69. The number of carbonyl (C=O) groups is 2. The first-order chi connectivity index (χ1) is 9.78. The molecule has 0 aromatic heterocycles. The third-order valence-electron chi connectivity index (χ3n) is 3.15. The summed E-state index contributed by atoms with van der Waals surface area (Å²) in [6.45, 7) is 1.40. The van der Waals surface area contributed by atoms with Crippen LogP contribution < -0.4 is 4.72 Å². The number of rotatable bonds is 3. The minimum atomic E-state index is -3.61. The van der Waals surface area contributed by atoms with Crippen molar-refractivity contribution in [2.24, 2.45) is 0 Å². The van der Waals surface area contributed by atoms with Crippen LogP contribution in [0.2, 0.25) is 0 Å². The Morgan fingerprint density at radius 1 is 1.29 bits per heavy atom. The molecule has 0 spiro atoms. The Kier molecular flexibility index (Phi) is 4.13. The number of nitrogens with zero attached hydrogens (tertiary/aromatic N) is 1. The molecule has 2 rings (SSSR count). The SMILES string of the molecule is CC(=O)N1C=Cc2ccccc2[C@H]1CC(=O)NS(C)(=O)=O. The molecule has 0 fully saturated rings. The number of hydrogen-bond donors (Lipinski definition) is 1. The number of carbonyl (C=O) groups excluding carboxylic acids is 2. The predicted molar refractivity (Wildman–Crippen MR) is 78.3 cm³/mol. The minimum absolute atomic E-state index is 0.117. The fourth-order valence-electron chi connectivity index (χ4n) is 2.34. The van der Waals surface area contributed by atoms with Crippen molar-refractivity contribution in [2.45, 2.75) is 19.4 Å². The van der Waals surface area contributed by atoms with Crippen LogP contribution in [0.25, 0.3) is 6.08 Å². The number of nitrogens with one attached hydrogen (secondary N) is 1. The van der Waals surface area contributed by atoms with Gasteiger partial charge in [-0.15, -0.1) is 0 Å². The first kappa shape index (κ1) is 15.2. The monoisotopic (exact) mass is 308 g/mol. The predicted octanol–water partition coefficient (Wildman–Crippen LogP) is 1.03. The van der Waals surface area contributed by atoms with Gasteiger partial charge in [-0.2, -0.15) is 0 Å². The zero-order chi connectivity index (χ0) is 15.6. The quantitative estimate of drug-likeness (QED) is 0.904. The van der Waals surface area contributed by atoms with E-state index in [4.69, 9.17) is 0 Å². The summed E-state index contributed by atoms with van der Waals surface area (Å²) in [4.78, 5) is 25.0. The summed E-state index contributed by atoms with van der Waals surface area (Å²) < 4.78 is 24.2. The maximum atomic E-state index is 11.9. The summed E-state index contributed by atoms with van der Waals surface area (Å²) in [5, 5.41) is 0. The lowest BCUT2D eigenvalue weighted by molar-refractivity contribution is -0.129. The Labute approximate surface area is 123 Å². The minimum Gasteiger partial charge on any atom is -0.311 e. The average Bonchev–Trinajstić information content (AvgIpc) is 2.36. The van der Waals surface area contributed by atoms with Gasteiger partial charge in [-0.25, -0.2) is 8.42 Å². The molecule has 6 nitrogen and oxygen atoms in total. The van der Waals surface area contributed by atoms with E-state index in [1.807, 2.05) is 29.0 Å². The fourth-order valence-corrected chi connectivity index (χ4v) is 2.83. The highest BCUT2D eigenvalue weighted by molar-refractivity contribution is 7.89. The Morgan fingerprint density at radius 2 is 1.95 bits per heavy atom. The lowest BCUT2D eigenvalue weighted by Gasteiger charge is -2.32. The van der Waals surface area contributed by atoms with Crippen LogP contribution in [0.15, 0.2) is 30.5 Å². The van der Waals surface area contributed by atoms with Gasteiger partial charge in [-0.1, -0.05) is 24.3 Å². The van der Waals surface area contributed by atoms with Crippen LogP contribution in [0.4, 0.5) is 0 Å². The van der Waals surface area contributed by atoms with E-state index in [2.05, 4.69) is 0 Å². The molecule has 1 aliphatic rings. The van der Waals surface area contributed by atoms with E-state index in [0.717, 1.165) is 17.4 Å². The maximum absolute atomic E-state index is 11.9. The standard InChI is InChI=1S/C14H16N2O4S/c1-10(17)16-8-7-11-5-3-4-6-12(11)13(16)9-14(18)15-21(2,19)20/h3-8,13H,9H2,1-2H3,(H,15,18)/t13-/m1/s1. The lowest BCUT2D eigenvalue weighted by atomic mass is 9.94. The van der Waals surface area contributed by atoms with Crippen molar-refractivity contribution in [1.29, 1.82) is 0 Å².